The van der Waals surface area contributed by atoms with Crippen LogP contribution in [0.1, 0.15) is 30.4 Å². The highest BCUT2D eigenvalue weighted by atomic mass is 19.1. The number of carbonyl (C=O) groups excluding carboxylic acids is 2. The molecule has 1 aliphatic rings. The van der Waals surface area contributed by atoms with Gasteiger partial charge < -0.3 is 19.4 Å². The quantitative estimate of drug-likeness (QED) is 0.578. The molecule has 10 heteroatoms. The second-order valence-corrected chi connectivity index (χ2v) is 9.67. The first-order valence-corrected chi connectivity index (χ1v) is 11.3. The lowest BCUT2D eigenvalue weighted by atomic mass is 9.97. The van der Waals surface area contributed by atoms with E-state index < -0.39 is 48.1 Å². The molecule has 2 aromatic carbocycles. The number of nitrogens with zero attached hydrogens (tertiary/aromatic N) is 3. The molecule has 188 valence electrons. The number of rotatable bonds is 5. The Labute approximate surface area is 211 Å². The van der Waals surface area contributed by atoms with Crippen molar-refractivity contribution >= 4 is 23.1 Å². The average Bonchev–Trinajstić information content (AvgIpc) is 3.12. The van der Waals surface area contributed by atoms with Gasteiger partial charge >= 0.3 is 11.8 Å². The molecule has 0 radical (unpaired) electrons. The summed E-state index contributed by atoms with van der Waals surface area (Å²) in [6.07, 6.45) is -0.602. The Morgan fingerprint density at radius 1 is 1.28 bits per heavy atom. The van der Waals surface area contributed by atoms with Crippen LogP contribution in [0, 0.1) is 23.1 Å². The summed E-state index contributed by atoms with van der Waals surface area (Å²) in [5.74, 6) is -2.55. The number of ether oxygens (including phenoxy) is 1. The van der Waals surface area contributed by atoms with Gasteiger partial charge in [-0.05, 0) is 55.7 Å². The summed E-state index contributed by atoms with van der Waals surface area (Å²) >= 11 is 0. The molecule has 4 rings (SSSR count). The van der Waals surface area contributed by atoms with Crippen molar-refractivity contribution < 1.29 is 27.2 Å². The first kappa shape index (κ1) is 21.2. The van der Waals surface area contributed by atoms with Gasteiger partial charge in [0.2, 0.25) is 5.91 Å². The monoisotopic (exact) mass is 497 g/mol. The number of aryl methyl sites for hydroxylation is 1. The average molecular weight is 498 g/mol. The van der Waals surface area contributed by atoms with E-state index in [9.17, 15) is 19.6 Å². The van der Waals surface area contributed by atoms with Crippen LogP contribution in [0.5, 0.6) is 0 Å². The molecule has 0 spiro atoms. The van der Waals surface area contributed by atoms with Crippen molar-refractivity contribution in [3.05, 3.63) is 58.3 Å². The number of nitrogens with one attached hydrogen (secondary N) is 1. The Bertz CT molecular complexity index is 1530. The van der Waals surface area contributed by atoms with E-state index in [-0.39, 0.29) is 36.2 Å². The van der Waals surface area contributed by atoms with Crippen LogP contribution in [-0.2, 0) is 22.9 Å². The number of carbonyl (C=O) groups is 2. The normalized spacial score (nSPS) is 16.3. The maximum atomic E-state index is 15.0. The fourth-order valence-electron chi connectivity index (χ4n) is 3.85. The molecule has 3 aromatic rings. The molecule has 0 unspecified atom stereocenters. The van der Waals surface area contributed by atoms with Crippen LogP contribution in [0.15, 0.2) is 45.6 Å². The number of nitriles is 1. The van der Waals surface area contributed by atoms with Crippen molar-refractivity contribution in [2.24, 2.45) is 12.9 Å². The van der Waals surface area contributed by atoms with E-state index >= 15 is 4.39 Å². The van der Waals surface area contributed by atoms with Gasteiger partial charge in [-0.3, -0.25) is 9.36 Å². The zero-order valence-electron chi connectivity index (χ0n) is 23.0. The van der Waals surface area contributed by atoms with Crippen LogP contribution < -0.4 is 11.1 Å². The Kier molecular flexibility index (Phi) is 5.58. The van der Waals surface area contributed by atoms with Gasteiger partial charge in [-0.25, -0.2) is 14.0 Å². The molecule has 0 saturated carbocycles. The lowest BCUT2D eigenvalue weighted by molar-refractivity contribution is -0.130. The lowest BCUT2D eigenvalue weighted by Crippen LogP contribution is -2.57. The smallest absolute Gasteiger partial charge is 0.419 e. The van der Waals surface area contributed by atoms with Crippen LogP contribution in [0.3, 0.4) is 0 Å². The number of fused-ring (bicyclic) bond motifs is 1. The topological polar surface area (TPSA) is 118 Å². The fraction of sp³-hybridized carbons (Fsp3) is 0.385. The molecule has 1 aromatic heterocycles. The summed E-state index contributed by atoms with van der Waals surface area (Å²) in [4.78, 5) is 38.0. The summed E-state index contributed by atoms with van der Waals surface area (Å²) < 4.78 is 48.6. The van der Waals surface area contributed by atoms with Crippen molar-refractivity contribution in [1.29, 1.82) is 5.26 Å². The van der Waals surface area contributed by atoms with Gasteiger partial charge in [0.15, 0.2) is 5.58 Å². The first-order valence-electron chi connectivity index (χ1n) is 12.8. The number of amides is 2. The summed E-state index contributed by atoms with van der Waals surface area (Å²) in [5, 5.41) is 12.1. The molecule has 36 heavy (non-hydrogen) atoms. The largest absolute Gasteiger partial charge is 0.444 e. The third-order valence-corrected chi connectivity index (χ3v) is 5.77. The van der Waals surface area contributed by atoms with Gasteiger partial charge in [0.05, 0.1) is 17.5 Å². The van der Waals surface area contributed by atoms with E-state index in [1.807, 2.05) is 6.07 Å². The summed E-state index contributed by atoms with van der Waals surface area (Å²) in [6, 6.07) is 9.71. The molecule has 2 heterocycles. The number of halogens is 1. The molecule has 2 amide bonds. The van der Waals surface area contributed by atoms with Crippen molar-refractivity contribution in [2.45, 2.75) is 38.8 Å². The Balaban J connectivity index is 1.43. The third-order valence-electron chi connectivity index (χ3n) is 5.77. The number of benzene rings is 2. The zero-order valence-corrected chi connectivity index (χ0v) is 20.0. The van der Waals surface area contributed by atoms with E-state index in [2.05, 4.69) is 5.32 Å². The Hall–Kier alpha value is -4.13. The predicted octanol–water partition coefficient (Wildman–Crippen LogP) is 3.36. The summed E-state index contributed by atoms with van der Waals surface area (Å²) in [5.41, 5.74) is 0.552. The van der Waals surface area contributed by atoms with E-state index in [1.54, 1.807) is 32.9 Å². The first-order chi connectivity index (χ1) is 18.2. The molecular formula is C26H27FN4O5. The molecule has 1 atom stereocenters. The fourth-order valence-corrected chi connectivity index (χ4v) is 3.85. The SMILES string of the molecule is [2H]C([2H])([2H])n1c(=O)oc2ccc(-c3ccc(C[C@@H](C#N)NC(=O)C4CN(C(=O)OC(C)(C)C)C4)c(F)c3)cc21. The summed E-state index contributed by atoms with van der Waals surface area (Å²) in [7, 11) is 0. The zero-order chi connectivity index (χ0) is 28.7. The maximum Gasteiger partial charge on any atom is 0.419 e. The number of likely N-dealkylation sites (tertiary alicyclic amines) is 1. The summed E-state index contributed by atoms with van der Waals surface area (Å²) in [6.45, 7) is 2.82. The van der Waals surface area contributed by atoms with Gasteiger partial charge in [0.1, 0.15) is 17.5 Å². The Morgan fingerprint density at radius 3 is 2.61 bits per heavy atom. The molecule has 0 aliphatic carbocycles. The van der Waals surface area contributed by atoms with Crippen LogP contribution in [0.2, 0.25) is 0 Å². The molecule has 1 N–H and O–H groups in total. The minimum atomic E-state index is -2.75. The van der Waals surface area contributed by atoms with Crippen molar-refractivity contribution in [3.63, 3.8) is 0 Å². The molecule has 0 bridgehead atoms. The number of hydrogen-bond donors (Lipinski definition) is 1. The van der Waals surface area contributed by atoms with Gasteiger partial charge in [0.25, 0.3) is 0 Å². The Morgan fingerprint density at radius 2 is 1.97 bits per heavy atom. The van der Waals surface area contributed by atoms with Crippen LogP contribution in [-0.4, -0.2) is 46.2 Å². The molecule has 9 nitrogen and oxygen atoms in total. The van der Waals surface area contributed by atoms with Gasteiger partial charge in [-0.2, -0.15) is 5.26 Å². The lowest BCUT2D eigenvalue weighted by Gasteiger charge is -2.39. The molecular weight excluding hydrogens is 467 g/mol. The van der Waals surface area contributed by atoms with E-state index in [4.69, 9.17) is 13.3 Å². The van der Waals surface area contributed by atoms with Gasteiger partial charge in [0, 0.05) is 30.6 Å². The molecule has 1 aliphatic heterocycles. The van der Waals surface area contributed by atoms with Crippen molar-refractivity contribution in [1.82, 2.24) is 14.8 Å². The van der Waals surface area contributed by atoms with Gasteiger partial charge in [-0.1, -0.05) is 18.2 Å². The molecule has 1 saturated heterocycles. The predicted molar refractivity (Wildman–Crippen MR) is 129 cm³/mol. The minimum absolute atomic E-state index is 0.0514. The van der Waals surface area contributed by atoms with Gasteiger partial charge in [-0.15, -0.1) is 0 Å². The highest BCUT2D eigenvalue weighted by Crippen LogP contribution is 2.26. The number of oxazole rings is 1. The minimum Gasteiger partial charge on any atom is -0.444 e. The van der Waals surface area contributed by atoms with Crippen molar-refractivity contribution in [2.75, 3.05) is 13.1 Å². The van der Waals surface area contributed by atoms with Crippen LogP contribution in [0.4, 0.5) is 9.18 Å². The van der Waals surface area contributed by atoms with E-state index in [0.717, 1.165) is 0 Å². The van der Waals surface area contributed by atoms with Crippen LogP contribution in [0.25, 0.3) is 22.2 Å². The van der Waals surface area contributed by atoms with E-state index in [0.29, 0.717) is 15.7 Å². The van der Waals surface area contributed by atoms with E-state index in [1.165, 1.54) is 29.2 Å². The highest BCUT2D eigenvalue weighted by Gasteiger charge is 2.38. The van der Waals surface area contributed by atoms with Crippen LogP contribution >= 0.6 is 0 Å². The third kappa shape index (κ3) is 5.25. The maximum absolute atomic E-state index is 15.0. The standard InChI is InChI=1S/C26H27FN4O5/c1-26(2,3)36-25(34)31-13-18(14-31)23(32)29-19(12-28)9-17-6-5-15(10-20(17)27)16-7-8-22-21(11-16)30(4)24(33)35-22/h5-8,10-11,18-19H,9,13-14H2,1-4H3,(H,29,32)/t19-/m0/s1/i4D3. The molecule has 1 fully saturated rings. The second kappa shape index (κ2) is 9.49. The second-order valence-electron chi connectivity index (χ2n) is 9.67. The highest BCUT2D eigenvalue weighted by molar-refractivity contribution is 5.83. The van der Waals surface area contributed by atoms with Crippen molar-refractivity contribution in [3.8, 4) is 17.2 Å². The number of hydrogen-bond acceptors (Lipinski definition) is 6. The number of aromatic nitrogens is 1.